The first-order chi connectivity index (χ1) is 11.3. The van der Waals surface area contributed by atoms with Crippen molar-refractivity contribution in [2.45, 2.75) is 52.6 Å². The van der Waals surface area contributed by atoms with Crippen molar-refractivity contribution >= 4 is 6.03 Å². The molecule has 2 bridgehead atoms. The molecule has 3 heterocycles. The Kier molecular flexibility index (Phi) is 4.86. The molecule has 1 N–H and O–H groups in total. The summed E-state index contributed by atoms with van der Waals surface area (Å²) in [4.78, 5) is 17.6. The molecule has 24 heavy (non-hydrogen) atoms. The van der Waals surface area contributed by atoms with E-state index in [1.54, 1.807) is 0 Å². The van der Waals surface area contributed by atoms with Crippen LogP contribution in [0.3, 0.4) is 0 Å². The topological polar surface area (TPSA) is 35.6 Å². The van der Waals surface area contributed by atoms with Crippen LogP contribution in [-0.2, 0) is 0 Å². The fraction of sp³-hybridized carbons (Fsp3) is 0.650. The fourth-order valence-electron chi connectivity index (χ4n) is 4.01. The number of rotatable bonds is 2. The number of nitrogens with zero attached hydrogens (tertiary/aromatic N) is 2. The summed E-state index contributed by atoms with van der Waals surface area (Å²) in [5, 5.41) is 3.35. The Labute approximate surface area is 146 Å². The van der Waals surface area contributed by atoms with E-state index in [4.69, 9.17) is 0 Å². The standard InChI is InChI=1S/C20H31N3O/c1-15-6-5-7-16(14-15)18(20(2,3)4)21-19(24)23-13-12-22-10-8-17(23)9-11-22/h5-7,14,17-18H,8-13H2,1-4H3,(H,21,24). The van der Waals surface area contributed by atoms with Gasteiger partial charge in [-0.1, -0.05) is 50.6 Å². The number of urea groups is 1. The summed E-state index contributed by atoms with van der Waals surface area (Å²) in [6.45, 7) is 12.8. The highest BCUT2D eigenvalue weighted by Gasteiger charge is 2.35. The summed E-state index contributed by atoms with van der Waals surface area (Å²) in [7, 11) is 0. The van der Waals surface area contributed by atoms with Gasteiger partial charge in [-0.25, -0.2) is 4.79 Å². The van der Waals surface area contributed by atoms with Crippen LogP contribution in [0.4, 0.5) is 4.79 Å². The summed E-state index contributed by atoms with van der Waals surface area (Å²) in [6, 6.07) is 9.03. The van der Waals surface area contributed by atoms with Crippen molar-refractivity contribution in [3.63, 3.8) is 0 Å². The van der Waals surface area contributed by atoms with Crippen LogP contribution in [0.2, 0.25) is 0 Å². The molecule has 3 aliphatic rings. The van der Waals surface area contributed by atoms with Gasteiger partial charge in [0.1, 0.15) is 0 Å². The van der Waals surface area contributed by atoms with Crippen LogP contribution in [0.1, 0.15) is 50.8 Å². The van der Waals surface area contributed by atoms with E-state index in [2.05, 4.69) is 67.1 Å². The Bertz CT molecular complexity index is 585. The molecule has 0 aliphatic carbocycles. The molecule has 3 saturated heterocycles. The monoisotopic (exact) mass is 329 g/mol. The van der Waals surface area contributed by atoms with Crippen molar-refractivity contribution in [2.75, 3.05) is 26.2 Å². The lowest BCUT2D eigenvalue weighted by Crippen LogP contribution is -2.49. The molecule has 2 amide bonds. The van der Waals surface area contributed by atoms with E-state index in [-0.39, 0.29) is 17.5 Å². The van der Waals surface area contributed by atoms with Gasteiger partial charge in [0.25, 0.3) is 0 Å². The molecule has 0 spiro atoms. The lowest BCUT2D eigenvalue weighted by molar-refractivity contribution is 0.157. The Hall–Kier alpha value is -1.55. The number of fused-ring (bicyclic) bond motifs is 4. The molecule has 4 rings (SSSR count). The van der Waals surface area contributed by atoms with Crippen molar-refractivity contribution in [1.82, 2.24) is 15.1 Å². The van der Waals surface area contributed by atoms with Gasteiger partial charge in [0.15, 0.2) is 0 Å². The molecule has 1 atom stereocenters. The van der Waals surface area contributed by atoms with E-state index < -0.39 is 0 Å². The molecule has 4 nitrogen and oxygen atoms in total. The molecule has 0 radical (unpaired) electrons. The van der Waals surface area contributed by atoms with Crippen molar-refractivity contribution in [3.8, 4) is 0 Å². The van der Waals surface area contributed by atoms with Gasteiger partial charge < -0.3 is 15.1 Å². The summed E-state index contributed by atoms with van der Waals surface area (Å²) in [6.07, 6.45) is 2.22. The van der Waals surface area contributed by atoms with Crippen molar-refractivity contribution < 1.29 is 4.79 Å². The minimum Gasteiger partial charge on any atom is -0.331 e. The Morgan fingerprint density at radius 2 is 1.88 bits per heavy atom. The van der Waals surface area contributed by atoms with Gasteiger partial charge in [0, 0.05) is 32.2 Å². The normalized spacial score (nSPS) is 25.2. The maximum Gasteiger partial charge on any atom is 0.318 e. The number of benzene rings is 1. The van der Waals surface area contributed by atoms with E-state index >= 15 is 0 Å². The quantitative estimate of drug-likeness (QED) is 0.900. The second kappa shape index (κ2) is 6.75. The molecule has 3 fully saturated rings. The molecule has 3 aliphatic heterocycles. The van der Waals surface area contributed by atoms with Gasteiger partial charge in [-0.3, -0.25) is 0 Å². The van der Waals surface area contributed by atoms with Gasteiger partial charge in [0.2, 0.25) is 0 Å². The van der Waals surface area contributed by atoms with Crippen molar-refractivity contribution in [1.29, 1.82) is 0 Å². The average molecular weight is 329 g/mol. The number of aryl methyl sites for hydroxylation is 1. The summed E-state index contributed by atoms with van der Waals surface area (Å²) in [5.74, 6) is 0. The number of hydrogen-bond acceptors (Lipinski definition) is 2. The summed E-state index contributed by atoms with van der Waals surface area (Å²) < 4.78 is 0. The lowest BCUT2D eigenvalue weighted by Gasteiger charge is -2.36. The first-order valence-corrected chi connectivity index (χ1v) is 9.20. The highest BCUT2D eigenvalue weighted by atomic mass is 16.2. The zero-order valence-electron chi connectivity index (χ0n) is 15.5. The molecular formula is C20H31N3O. The molecule has 1 aromatic rings. The number of carbonyl (C=O) groups is 1. The number of piperidine rings is 1. The van der Waals surface area contributed by atoms with E-state index in [9.17, 15) is 4.79 Å². The van der Waals surface area contributed by atoms with Crippen LogP contribution in [-0.4, -0.2) is 48.1 Å². The smallest absolute Gasteiger partial charge is 0.318 e. The van der Waals surface area contributed by atoms with Crippen LogP contribution in [0.5, 0.6) is 0 Å². The predicted molar refractivity (Wildman–Crippen MR) is 98.1 cm³/mol. The second-order valence-electron chi connectivity index (χ2n) is 8.43. The Morgan fingerprint density at radius 3 is 2.50 bits per heavy atom. The number of nitrogens with one attached hydrogen (secondary N) is 1. The van der Waals surface area contributed by atoms with E-state index in [1.165, 1.54) is 11.1 Å². The zero-order chi connectivity index (χ0) is 17.3. The van der Waals surface area contributed by atoms with Crippen LogP contribution in [0, 0.1) is 12.3 Å². The Morgan fingerprint density at radius 1 is 1.17 bits per heavy atom. The van der Waals surface area contributed by atoms with Gasteiger partial charge in [0.05, 0.1) is 6.04 Å². The predicted octanol–water partition coefficient (Wildman–Crippen LogP) is 3.57. The third-order valence-corrected chi connectivity index (χ3v) is 5.43. The van der Waals surface area contributed by atoms with Gasteiger partial charge in [-0.2, -0.15) is 0 Å². The highest BCUT2D eigenvalue weighted by molar-refractivity contribution is 5.75. The molecule has 1 aromatic carbocycles. The van der Waals surface area contributed by atoms with Gasteiger partial charge in [-0.05, 0) is 30.7 Å². The minimum atomic E-state index is -0.0307. The van der Waals surface area contributed by atoms with Crippen molar-refractivity contribution in [3.05, 3.63) is 35.4 Å². The SMILES string of the molecule is Cc1cccc(C(NC(=O)N2CCN3CCC2CC3)C(C)(C)C)c1. The average Bonchev–Trinajstić information content (AvgIpc) is 2.85. The highest BCUT2D eigenvalue weighted by Crippen LogP contribution is 2.33. The third kappa shape index (κ3) is 3.75. The first-order valence-electron chi connectivity index (χ1n) is 9.20. The second-order valence-corrected chi connectivity index (χ2v) is 8.43. The van der Waals surface area contributed by atoms with Crippen molar-refractivity contribution in [2.24, 2.45) is 5.41 Å². The molecule has 4 heteroatoms. The number of amides is 2. The minimum absolute atomic E-state index is 0.0191. The molecule has 0 aromatic heterocycles. The summed E-state index contributed by atoms with van der Waals surface area (Å²) in [5.41, 5.74) is 2.40. The zero-order valence-corrected chi connectivity index (χ0v) is 15.5. The van der Waals surface area contributed by atoms with E-state index in [1.807, 2.05) is 0 Å². The van der Waals surface area contributed by atoms with Crippen LogP contribution in [0.25, 0.3) is 0 Å². The third-order valence-electron chi connectivity index (χ3n) is 5.43. The molecule has 132 valence electrons. The Balaban J connectivity index is 1.78. The number of carbonyl (C=O) groups excluding carboxylic acids is 1. The van der Waals surface area contributed by atoms with Crippen LogP contribution in [0.15, 0.2) is 24.3 Å². The van der Waals surface area contributed by atoms with Gasteiger partial charge >= 0.3 is 6.03 Å². The molecule has 1 unspecified atom stereocenters. The maximum absolute atomic E-state index is 13.1. The van der Waals surface area contributed by atoms with E-state index in [0.717, 1.165) is 39.0 Å². The molecular weight excluding hydrogens is 298 g/mol. The van der Waals surface area contributed by atoms with Gasteiger partial charge in [-0.15, -0.1) is 0 Å². The maximum atomic E-state index is 13.1. The lowest BCUT2D eigenvalue weighted by atomic mass is 9.82. The largest absolute Gasteiger partial charge is 0.331 e. The summed E-state index contributed by atoms with van der Waals surface area (Å²) >= 11 is 0. The molecule has 0 saturated carbocycles. The first kappa shape index (κ1) is 17.3. The van der Waals surface area contributed by atoms with E-state index in [0.29, 0.717) is 6.04 Å². The van der Waals surface area contributed by atoms with Crippen LogP contribution < -0.4 is 5.32 Å². The van der Waals surface area contributed by atoms with Crippen LogP contribution >= 0.6 is 0 Å². The number of hydrogen-bond donors (Lipinski definition) is 1. The fourth-order valence-corrected chi connectivity index (χ4v) is 4.01.